The van der Waals surface area contributed by atoms with E-state index in [-0.39, 0.29) is 0 Å². The summed E-state index contributed by atoms with van der Waals surface area (Å²) in [5.74, 6) is 0.346. The third-order valence-corrected chi connectivity index (χ3v) is 2.83. The highest BCUT2D eigenvalue weighted by Gasteiger charge is 2.07. The van der Waals surface area contributed by atoms with Gasteiger partial charge < -0.3 is 4.84 Å². The Hall–Kier alpha value is -1.58. The van der Waals surface area contributed by atoms with E-state index < -0.39 is 0 Å². The van der Waals surface area contributed by atoms with Gasteiger partial charge in [-0.3, -0.25) is 4.98 Å². The average Bonchev–Trinajstić information content (AvgIpc) is 2.46. The molecule has 0 aliphatic rings. The molecule has 0 saturated heterocycles. The summed E-state index contributed by atoms with van der Waals surface area (Å²) >= 11 is 11.7. The van der Waals surface area contributed by atoms with E-state index >= 15 is 0 Å². The van der Waals surface area contributed by atoms with E-state index in [9.17, 15) is 0 Å². The molecule has 0 radical (unpaired) electrons. The van der Waals surface area contributed by atoms with Crippen molar-refractivity contribution in [3.8, 4) is 0 Å². The van der Waals surface area contributed by atoms with Gasteiger partial charge in [0.2, 0.25) is 0 Å². The van der Waals surface area contributed by atoms with Crippen LogP contribution in [0.2, 0.25) is 0 Å². The lowest BCUT2D eigenvalue weighted by Gasteiger charge is -2.07. The van der Waals surface area contributed by atoms with E-state index in [0.717, 1.165) is 16.8 Å². The Labute approximate surface area is 129 Å². The standard InChI is InChI=1S/C15H16Cl2N2O/c1-3-13(10-14(17)6-7-16)15(19-20-2)9-12-5-4-8-18-11-12/h3-6,8,10-11H,1,7,9H2,2H3/b13-10+,14-6+,19-15+. The van der Waals surface area contributed by atoms with Gasteiger partial charge in [-0.1, -0.05) is 41.6 Å². The maximum atomic E-state index is 6.05. The van der Waals surface area contributed by atoms with Crippen molar-refractivity contribution in [3.63, 3.8) is 0 Å². The lowest BCUT2D eigenvalue weighted by Crippen LogP contribution is -2.07. The number of hydrogen-bond donors (Lipinski definition) is 0. The third-order valence-electron chi connectivity index (χ3n) is 2.41. The lowest BCUT2D eigenvalue weighted by molar-refractivity contribution is 0.213. The average molecular weight is 311 g/mol. The molecule has 0 aromatic carbocycles. The molecule has 0 spiro atoms. The zero-order valence-corrected chi connectivity index (χ0v) is 12.7. The molecular weight excluding hydrogens is 295 g/mol. The fourth-order valence-corrected chi connectivity index (χ4v) is 1.97. The van der Waals surface area contributed by atoms with Crippen molar-refractivity contribution >= 4 is 28.9 Å². The van der Waals surface area contributed by atoms with Crippen LogP contribution < -0.4 is 0 Å². The summed E-state index contributed by atoms with van der Waals surface area (Å²) < 4.78 is 0. The Morgan fingerprint density at radius 1 is 1.55 bits per heavy atom. The van der Waals surface area contributed by atoms with Gasteiger partial charge in [0.25, 0.3) is 0 Å². The van der Waals surface area contributed by atoms with Gasteiger partial charge in [0, 0.05) is 35.3 Å². The van der Waals surface area contributed by atoms with Gasteiger partial charge in [-0.2, -0.15) is 0 Å². The molecule has 0 fully saturated rings. The van der Waals surface area contributed by atoms with E-state index in [0.29, 0.717) is 17.3 Å². The molecule has 1 rings (SSSR count). The van der Waals surface area contributed by atoms with Crippen LogP contribution in [0.5, 0.6) is 0 Å². The van der Waals surface area contributed by atoms with Crippen LogP contribution in [0.4, 0.5) is 0 Å². The van der Waals surface area contributed by atoms with Crippen molar-refractivity contribution in [2.45, 2.75) is 6.42 Å². The summed E-state index contributed by atoms with van der Waals surface area (Å²) in [7, 11) is 1.50. The number of allylic oxidation sites excluding steroid dienone is 5. The van der Waals surface area contributed by atoms with E-state index in [2.05, 4.69) is 16.7 Å². The van der Waals surface area contributed by atoms with Gasteiger partial charge in [-0.25, -0.2) is 0 Å². The fourth-order valence-electron chi connectivity index (χ4n) is 1.53. The third kappa shape index (κ3) is 5.59. The van der Waals surface area contributed by atoms with Crippen LogP contribution in [0.25, 0.3) is 0 Å². The molecule has 0 atom stereocenters. The van der Waals surface area contributed by atoms with Crippen LogP contribution >= 0.6 is 23.2 Å². The molecule has 106 valence electrons. The second-order valence-electron chi connectivity index (χ2n) is 3.81. The summed E-state index contributed by atoms with van der Waals surface area (Å²) in [5.41, 5.74) is 2.52. The fraction of sp³-hybridized carbons (Fsp3) is 0.200. The maximum absolute atomic E-state index is 6.05. The molecule has 20 heavy (non-hydrogen) atoms. The van der Waals surface area contributed by atoms with Crippen molar-refractivity contribution < 1.29 is 4.84 Å². The van der Waals surface area contributed by atoms with Crippen LogP contribution in [0.15, 0.2) is 65.1 Å². The van der Waals surface area contributed by atoms with Crippen LogP contribution in [-0.2, 0) is 11.3 Å². The molecule has 0 unspecified atom stereocenters. The first kappa shape index (κ1) is 16.5. The first-order valence-corrected chi connectivity index (χ1v) is 6.87. The van der Waals surface area contributed by atoms with Gasteiger partial charge in [0.1, 0.15) is 7.11 Å². The lowest BCUT2D eigenvalue weighted by atomic mass is 10.0. The van der Waals surface area contributed by atoms with Gasteiger partial charge >= 0.3 is 0 Å². The monoisotopic (exact) mass is 310 g/mol. The molecule has 3 nitrogen and oxygen atoms in total. The van der Waals surface area contributed by atoms with Gasteiger partial charge in [-0.05, 0) is 17.7 Å². The molecule has 1 heterocycles. The van der Waals surface area contributed by atoms with Crippen molar-refractivity contribution in [1.82, 2.24) is 4.98 Å². The number of halogens is 2. The summed E-state index contributed by atoms with van der Waals surface area (Å²) in [6, 6.07) is 3.84. The van der Waals surface area contributed by atoms with Crippen LogP contribution in [0.3, 0.4) is 0 Å². The minimum Gasteiger partial charge on any atom is -0.399 e. The summed E-state index contributed by atoms with van der Waals surface area (Å²) in [6.45, 7) is 3.78. The first-order valence-electron chi connectivity index (χ1n) is 5.96. The van der Waals surface area contributed by atoms with Crippen LogP contribution in [-0.4, -0.2) is 23.7 Å². The highest BCUT2D eigenvalue weighted by atomic mass is 35.5. The second kappa shape index (κ2) is 9.34. The Bertz CT molecular complexity index is 522. The largest absolute Gasteiger partial charge is 0.399 e. The SMILES string of the molecule is C=CC(=C\C(Cl)=C/CCl)/C(Cc1cccnc1)=N/OC. The number of aromatic nitrogens is 1. The van der Waals surface area contributed by atoms with E-state index in [1.807, 2.05) is 12.1 Å². The molecule has 0 aliphatic carbocycles. The number of nitrogens with zero attached hydrogens (tertiary/aromatic N) is 2. The topological polar surface area (TPSA) is 34.5 Å². The molecule has 0 aliphatic heterocycles. The predicted octanol–water partition coefficient (Wildman–Crippen LogP) is 4.10. The van der Waals surface area contributed by atoms with Crippen LogP contribution in [0.1, 0.15) is 5.56 Å². The Kier molecular flexibility index (Phi) is 7.70. The normalized spacial score (nSPS) is 13.2. The highest BCUT2D eigenvalue weighted by Crippen LogP contribution is 2.13. The minimum atomic E-state index is 0.346. The molecular formula is C15H16Cl2N2O. The maximum Gasteiger partial charge on any atom is 0.106 e. The number of pyridine rings is 1. The molecule has 0 N–H and O–H groups in total. The van der Waals surface area contributed by atoms with Gasteiger partial charge in [-0.15, -0.1) is 11.6 Å². The Balaban J connectivity index is 3.03. The Morgan fingerprint density at radius 2 is 2.35 bits per heavy atom. The van der Waals surface area contributed by atoms with Gasteiger partial charge in [0.05, 0.1) is 5.71 Å². The minimum absolute atomic E-state index is 0.346. The molecule has 0 saturated carbocycles. The van der Waals surface area contributed by atoms with Crippen molar-refractivity contribution in [2.24, 2.45) is 5.16 Å². The summed E-state index contributed by atoms with van der Waals surface area (Å²) in [6.07, 6.45) is 9.21. The number of rotatable bonds is 7. The quantitative estimate of drug-likeness (QED) is 0.329. The highest BCUT2D eigenvalue weighted by molar-refractivity contribution is 6.32. The van der Waals surface area contributed by atoms with E-state index in [1.165, 1.54) is 7.11 Å². The first-order chi connectivity index (χ1) is 9.71. The molecule has 0 bridgehead atoms. The summed E-state index contributed by atoms with van der Waals surface area (Å²) in [5, 5.41) is 4.57. The van der Waals surface area contributed by atoms with Crippen LogP contribution in [0, 0.1) is 0 Å². The number of alkyl halides is 1. The summed E-state index contributed by atoms with van der Waals surface area (Å²) in [4.78, 5) is 8.97. The predicted molar refractivity (Wildman–Crippen MR) is 85.3 cm³/mol. The van der Waals surface area contributed by atoms with E-state index in [4.69, 9.17) is 28.0 Å². The molecule has 0 amide bonds. The Morgan fingerprint density at radius 3 is 2.90 bits per heavy atom. The van der Waals surface area contributed by atoms with E-state index in [1.54, 1.807) is 30.6 Å². The van der Waals surface area contributed by atoms with Crippen molar-refractivity contribution in [1.29, 1.82) is 0 Å². The van der Waals surface area contributed by atoms with Crippen molar-refractivity contribution in [2.75, 3.05) is 13.0 Å². The molecule has 1 aromatic rings. The molecule has 5 heteroatoms. The zero-order valence-electron chi connectivity index (χ0n) is 11.2. The zero-order chi connectivity index (χ0) is 14.8. The number of oxime groups is 1. The second-order valence-corrected chi connectivity index (χ2v) is 4.55. The number of hydrogen-bond acceptors (Lipinski definition) is 3. The van der Waals surface area contributed by atoms with Crippen molar-refractivity contribution in [3.05, 3.63) is 65.5 Å². The van der Waals surface area contributed by atoms with Gasteiger partial charge in [0.15, 0.2) is 0 Å². The molecule has 1 aromatic heterocycles. The smallest absolute Gasteiger partial charge is 0.106 e.